The SMILES string of the molecule is Nc1ncnc2c1c(-c1[nH]c3ncccc3c1Cl)nn2C1CCOCC1. The Kier molecular flexibility index (Phi) is 3.54. The van der Waals surface area contributed by atoms with Crippen LogP contribution in [-0.4, -0.2) is 42.9 Å². The van der Waals surface area contributed by atoms with Crippen LogP contribution in [0.25, 0.3) is 33.5 Å². The number of nitrogens with one attached hydrogen (secondary N) is 1. The van der Waals surface area contributed by atoms with Gasteiger partial charge in [0.05, 0.1) is 22.1 Å². The van der Waals surface area contributed by atoms with Crippen molar-refractivity contribution < 1.29 is 4.74 Å². The van der Waals surface area contributed by atoms with Crippen LogP contribution in [-0.2, 0) is 4.74 Å². The molecule has 1 aliphatic heterocycles. The summed E-state index contributed by atoms with van der Waals surface area (Å²) >= 11 is 6.62. The summed E-state index contributed by atoms with van der Waals surface area (Å²) < 4.78 is 7.40. The molecule has 132 valence electrons. The fraction of sp³-hybridized carbons (Fsp3) is 0.294. The molecule has 0 radical (unpaired) electrons. The van der Waals surface area contributed by atoms with Gasteiger partial charge in [-0.3, -0.25) is 0 Å². The Balaban J connectivity index is 1.78. The van der Waals surface area contributed by atoms with Crippen molar-refractivity contribution in [2.75, 3.05) is 18.9 Å². The first-order valence-corrected chi connectivity index (χ1v) is 8.81. The number of ether oxygens (including phenoxy) is 1. The van der Waals surface area contributed by atoms with E-state index in [9.17, 15) is 0 Å². The molecule has 0 atom stereocenters. The summed E-state index contributed by atoms with van der Waals surface area (Å²) in [6.07, 6.45) is 4.94. The molecule has 1 aliphatic rings. The van der Waals surface area contributed by atoms with Crippen LogP contribution in [0.2, 0.25) is 5.02 Å². The molecule has 0 saturated carbocycles. The number of H-pyrrole nitrogens is 1. The molecule has 4 aromatic heterocycles. The number of fused-ring (bicyclic) bond motifs is 2. The van der Waals surface area contributed by atoms with E-state index in [1.165, 1.54) is 6.33 Å². The quantitative estimate of drug-likeness (QED) is 0.562. The van der Waals surface area contributed by atoms with E-state index in [-0.39, 0.29) is 6.04 Å². The topological polar surface area (TPSA) is 108 Å². The maximum atomic E-state index is 6.62. The van der Waals surface area contributed by atoms with Crippen LogP contribution in [0.1, 0.15) is 18.9 Å². The minimum absolute atomic E-state index is 0.204. The van der Waals surface area contributed by atoms with Gasteiger partial charge in [0.1, 0.15) is 23.5 Å². The Labute approximate surface area is 153 Å². The number of anilines is 1. The zero-order valence-corrected chi connectivity index (χ0v) is 14.6. The average molecular weight is 370 g/mol. The highest BCUT2D eigenvalue weighted by molar-refractivity contribution is 6.38. The van der Waals surface area contributed by atoms with Crippen LogP contribution >= 0.6 is 11.6 Å². The van der Waals surface area contributed by atoms with E-state index in [1.807, 2.05) is 16.8 Å². The molecule has 0 aliphatic carbocycles. The molecule has 1 fully saturated rings. The number of aromatic nitrogens is 6. The molecule has 8 nitrogen and oxygen atoms in total. The van der Waals surface area contributed by atoms with E-state index in [4.69, 9.17) is 27.2 Å². The number of hydrogen-bond donors (Lipinski definition) is 2. The molecule has 0 amide bonds. The fourth-order valence-electron chi connectivity index (χ4n) is 3.51. The molecular weight excluding hydrogens is 354 g/mol. The summed E-state index contributed by atoms with van der Waals surface area (Å²) in [4.78, 5) is 16.2. The van der Waals surface area contributed by atoms with Crippen molar-refractivity contribution in [2.45, 2.75) is 18.9 Å². The zero-order chi connectivity index (χ0) is 17.7. The van der Waals surface area contributed by atoms with Gasteiger partial charge in [-0.25, -0.2) is 19.6 Å². The number of nitrogen functional groups attached to an aromatic ring is 1. The van der Waals surface area contributed by atoms with E-state index >= 15 is 0 Å². The van der Waals surface area contributed by atoms with Crippen LogP contribution in [0.3, 0.4) is 0 Å². The molecule has 0 aromatic carbocycles. The largest absolute Gasteiger partial charge is 0.383 e. The summed E-state index contributed by atoms with van der Waals surface area (Å²) in [7, 11) is 0. The molecule has 4 aromatic rings. The van der Waals surface area contributed by atoms with Gasteiger partial charge in [0, 0.05) is 24.8 Å². The minimum atomic E-state index is 0.204. The number of aromatic amines is 1. The first-order chi connectivity index (χ1) is 12.7. The van der Waals surface area contributed by atoms with Gasteiger partial charge >= 0.3 is 0 Å². The van der Waals surface area contributed by atoms with Gasteiger partial charge < -0.3 is 15.5 Å². The van der Waals surface area contributed by atoms with Crippen LogP contribution in [0, 0.1) is 0 Å². The van der Waals surface area contributed by atoms with Crippen LogP contribution in [0.5, 0.6) is 0 Å². The lowest BCUT2D eigenvalue weighted by Crippen LogP contribution is -2.20. The first kappa shape index (κ1) is 15.5. The van der Waals surface area contributed by atoms with Crippen LogP contribution in [0.4, 0.5) is 5.82 Å². The van der Waals surface area contributed by atoms with Gasteiger partial charge in [-0.2, -0.15) is 5.10 Å². The van der Waals surface area contributed by atoms with Crippen molar-refractivity contribution in [1.82, 2.24) is 29.7 Å². The van der Waals surface area contributed by atoms with Crippen LogP contribution < -0.4 is 5.73 Å². The van der Waals surface area contributed by atoms with Crippen molar-refractivity contribution >= 4 is 39.5 Å². The van der Waals surface area contributed by atoms with Gasteiger partial charge in [-0.15, -0.1) is 0 Å². The lowest BCUT2D eigenvalue weighted by Gasteiger charge is -2.22. The van der Waals surface area contributed by atoms with Crippen molar-refractivity contribution in [2.24, 2.45) is 0 Å². The molecule has 9 heteroatoms. The lowest BCUT2D eigenvalue weighted by molar-refractivity contribution is 0.0674. The predicted molar refractivity (Wildman–Crippen MR) is 98.9 cm³/mol. The van der Waals surface area contributed by atoms with Gasteiger partial charge in [-0.1, -0.05) is 11.6 Å². The normalized spacial score (nSPS) is 15.9. The molecule has 5 heterocycles. The number of nitrogens with two attached hydrogens (primary N) is 1. The van der Waals surface area contributed by atoms with E-state index < -0.39 is 0 Å². The highest BCUT2D eigenvalue weighted by atomic mass is 35.5. The van der Waals surface area contributed by atoms with Crippen molar-refractivity contribution in [3.05, 3.63) is 29.7 Å². The van der Waals surface area contributed by atoms with Crippen molar-refractivity contribution in [3.63, 3.8) is 0 Å². The molecule has 3 N–H and O–H groups in total. The average Bonchev–Trinajstić information content (AvgIpc) is 3.22. The molecule has 0 unspecified atom stereocenters. The monoisotopic (exact) mass is 369 g/mol. The number of hydrogen-bond acceptors (Lipinski definition) is 6. The summed E-state index contributed by atoms with van der Waals surface area (Å²) in [6, 6.07) is 3.97. The van der Waals surface area contributed by atoms with Crippen LogP contribution in [0.15, 0.2) is 24.7 Å². The van der Waals surface area contributed by atoms with Crippen molar-refractivity contribution in [1.29, 1.82) is 0 Å². The number of rotatable bonds is 2. The third-order valence-electron chi connectivity index (χ3n) is 4.80. The molecular formula is C17H16ClN7O. The second-order valence-corrected chi connectivity index (χ2v) is 6.69. The van der Waals surface area contributed by atoms with E-state index in [0.29, 0.717) is 52.1 Å². The minimum Gasteiger partial charge on any atom is -0.383 e. The lowest BCUT2D eigenvalue weighted by atomic mass is 10.1. The van der Waals surface area contributed by atoms with Gasteiger partial charge in [0.25, 0.3) is 0 Å². The van der Waals surface area contributed by atoms with E-state index in [1.54, 1.807) is 6.20 Å². The Morgan fingerprint density at radius 2 is 2.08 bits per heavy atom. The van der Waals surface area contributed by atoms with Gasteiger partial charge in [0.15, 0.2) is 5.65 Å². The summed E-state index contributed by atoms with van der Waals surface area (Å²) in [5, 5.41) is 6.94. The number of halogens is 1. The second-order valence-electron chi connectivity index (χ2n) is 6.31. The smallest absolute Gasteiger partial charge is 0.164 e. The van der Waals surface area contributed by atoms with Gasteiger partial charge in [-0.05, 0) is 25.0 Å². The Hall–Kier alpha value is -2.71. The summed E-state index contributed by atoms with van der Waals surface area (Å²) in [5.41, 5.74) is 8.92. The molecule has 1 saturated heterocycles. The predicted octanol–water partition coefficient (Wildman–Crippen LogP) is 2.96. The zero-order valence-electron chi connectivity index (χ0n) is 13.8. The highest BCUT2D eigenvalue weighted by Crippen LogP contribution is 2.38. The van der Waals surface area contributed by atoms with E-state index in [2.05, 4.69) is 19.9 Å². The number of pyridine rings is 1. The Morgan fingerprint density at radius 3 is 2.88 bits per heavy atom. The van der Waals surface area contributed by atoms with Gasteiger partial charge in [0.2, 0.25) is 0 Å². The second kappa shape index (κ2) is 5.93. The Morgan fingerprint density at radius 1 is 1.23 bits per heavy atom. The molecule has 0 spiro atoms. The molecule has 5 rings (SSSR count). The maximum Gasteiger partial charge on any atom is 0.164 e. The third-order valence-corrected chi connectivity index (χ3v) is 5.19. The third kappa shape index (κ3) is 2.26. The highest BCUT2D eigenvalue weighted by Gasteiger charge is 2.26. The van der Waals surface area contributed by atoms with E-state index in [0.717, 1.165) is 18.2 Å². The standard InChI is InChI=1S/C17H16ClN7O/c18-12-10-2-1-5-20-16(10)23-14(12)13-11-15(19)21-8-22-17(11)25(24-13)9-3-6-26-7-4-9/h1-2,5,8-9H,3-4,6-7H2,(H,20,23)(H2,19,21,22). The fourth-order valence-corrected chi connectivity index (χ4v) is 3.80. The number of nitrogens with zero attached hydrogens (tertiary/aromatic N) is 5. The first-order valence-electron chi connectivity index (χ1n) is 8.43. The molecule has 26 heavy (non-hydrogen) atoms. The maximum absolute atomic E-state index is 6.62. The summed E-state index contributed by atoms with van der Waals surface area (Å²) in [5.74, 6) is 0.381. The Bertz CT molecular complexity index is 1110. The summed E-state index contributed by atoms with van der Waals surface area (Å²) in [6.45, 7) is 1.41. The van der Waals surface area contributed by atoms with Crippen molar-refractivity contribution in [3.8, 4) is 11.4 Å². The molecule has 0 bridgehead atoms.